The van der Waals surface area contributed by atoms with Crippen molar-refractivity contribution < 1.29 is 24.1 Å². The van der Waals surface area contributed by atoms with E-state index in [2.05, 4.69) is 5.32 Å². The number of hydrogen-bond donors (Lipinski definition) is 2. The molecule has 2 N–H and O–H groups in total. The molecule has 86 valence electrons. The Labute approximate surface area is 87.5 Å². The van der Waals surface area contributed by atoms with Crippen molar-refractivity contribution in [3.63, 3.8) is 0 Å². The average Bonchev–Trinajstić information content (AvgIpc) is 2.86. The lowest BCUT2D eigenvalue weighted by Crippen LogP contribution is -2.32. The molecule has 2 aliphatic rings. The maximum atomic E-state index is 11.4. The quantitative estimate of drug-likeness (QED) is 0.568. The molecule has 2 rings (SSSR count). The molecule has 1 spiro atoms. The number of hydrogen-bond acceptors (Lipinski definition) is 6. The van der Waals surface area contributed by atoms with Gasteiger partial charge in [-0.25, -0.2) is 0 Å². The molecule has 2 heterocycles. The Morgan fingerprint density at radius 2 is 2.27 bits per heavy atom. The molecule has 2 aliphatic heterocycles. The Morgan fingerprint density at radius 1 is 1.53 bits per heavy atom. The number of esters is 1. The first-order valence-corrected chi connectivity index (χ1v) is 5.05. The number of nitrogens with one attached hydrogen (secondary N) is 1. The number of ether oxygens (including phenoxy) is 3. The van der Waals surface area contributed by atoms with E-state index < -0.39 is 11.8 Å². The minimum atomic E-state index is -0.636. The normalized spacial score (nSPS) is 28.5. The summed E-state index contributed by atoms with van der Waals surface area (Å²) in [6.07, 6.45) is 0.470. The molecule has 0 aromatic carbocycles. The van der Waals surface area contributed by atoms with Gasteiger partial charge in [0.25, 0.3) is 0 Å². The van der Waals surface area contributed by atoms with Crippen LogP contribution in [0.3, 0.4) is 0 Å². The van der Waals surface area contributed by atoms with Gasteiger partial charge in [0.05, 0.1) is 26.4 Å². The van der Waals surface area contributed by atoms with Gasteiger partial charge in [0.2, 0.25) is 0 Å². The molecule has 2 fully saturated rings. The Hall–Kier alpha value is -0.690. The van der Waals surface area contributed by atoms with Gasteiger partial charge in [-0.15, -0.1) is 0 Å². The molecule has 1 unspecified atom stereocenters. The van der Waals surface area contributed by atoms with Crippen molar-refractivity contribution in [2.24, 2.45) is 0 Å². The van der Waals surface area contributed by atoms with Gasteiger partial charge in [0.1, 0.15) is 12.6 Å². The molecule has 1 atom stereocenters. The highest BCUT2D eigenvalue weighted by Crippen LogP contribution is 2.29. The van der Waals surface area contributed by atoms with Crippen molar-refractivity contribution in [2.75, 3.05) is 33.0 Å². The molecule has 0 aromatic rings. The third kappa shape index (κ3) is 2.28. The number of aliphatic hydroxyl groups excluding tert-OH is 1. The van der Waals surface area contributed by atoms with Gasteiger partial charge in [-0.1, -0.05) is 0 Å². The summed E-state index contributed by atoms with van der Waals surface area (Å²) in [7, 11) is 0. The van der Waals surface area contributed by atoms with Crippen LogP contribution in [0, 0.1) is 0 Å². The summed E-state index contributed by atoms with van der Waals surface area (Å²) >= 11 is 0. The van der Waals surface area contributed by atoms with E-state index in [0.29, 0.717) is 26.2 Å². The zero-order chi connectivity index (χ0) is 10.7. The summed E-state index contributed by atoms with van der Waals surface area (Å²) in [6.45, 7) is 1.52. The lowest BCUT2D eigenvalue weighted by molar-refractivity contribution is -0.154. The zero-order valence-electron chi connectivity index (χ0n) is 8.40. The summed E-state index contributed by atoms with van der Waals surface area (Å²) in [5, 5.41) is 11.5. The zero-order valence-corrected chi connectivity index (χ0v) is 8.40. The predicted molar refractivity (Wildman–Crippen MR) is 49.1 cm³/mol. The minimum absolute atomic E-state index is 0.0335. The summed E-state index contributed by atoms with van der Waals surface area (Å²) < 4.78 is 15.7. The molecule has 6 heteroatoms. The number of carbonyl (C=O) groups excluding carboxylic acids is 1. The fourth-order valence-corrected chi connectivity index (χ4v) is 1.86. The third-order valence-corrected chi connectivity index (χ3v) is 2.57. The van der Waals surface area contributed by atoms with Gasteiger partial charge >= 0.3 is 5.97 Å². The molecule has 0 bridgehead atoms. The van der Waals surface area contributed by atoms with Crippen molar-refractivity contribution in [1.82, 2.24) is 5.32 Å². The fourth-order valence-electron chi connectivity index (χ4n) is 1.86. The van der Waals surface area contributed by atoms with Gasteiger partial charge < -0.3 is 19.3 Å². The van der Waals surface area contributed by atoms with E-state index in [4.69, 9.17) is 19.3 Å². The fraction of sp³-hybridized carbons (Fsp3) is 0.889. The van der Waals surface area contributed by atoms with E-state index in [1.54, 1.807) is 0 Å². The lowest BCUT2D eigenvalue weighted by atomic mass is 10.1. The van der Waals surface area contributed by atoms with Crippen LogP contribution >= 0.6 is 0 Å². The summed E-state index contributed by atoms with van der Waals surface area (Å²) in [5.41, 5.74) is 0. The van der Waals surface area contributed by atoms with E-state index in [1.165, 1.54) is 0 Å². The maximum absolute atomic E-state index is 11.4. The van der Waals surface area contributed by atoms with Crippen LogP contribution in [-0.2, 0) is 19.0 Å². The van der Waals surface area contributed by atoms with Crippen LogP contribution in [0.5, 0.6) is 0 Å². The molecule has 6 nitrogen and oxygen atoms in total. The predicted octanol–water partition coefficient (Wildman–Crippen LogP) is -1.37. The average molecular weight is 217 g/mol. The molecular formula is C9H15NO5. The summed E-state index contributed by atoms with van der Waals surface area (Å²) in [6, 6.07) is -0.394. The SMILES string of the molecule is O=C(OCCO)C1CC2(CN1)OCCO2. The molecule has 15 heavy (non-hydrogen) atoms. The second-order valence-corrected chi connectivity index (χ2v) is 3.64. The van der Waals surface area contributed by atoms with E-state index >= 15 is 0 Å². The van der Waals surface area contributed by atoms with Crippen LogP contribution in [0.1, 0.15) is 6.42 Å². The highest BCUT2D eigenvalue weighted by Gasteiger charge is 2.46. The van der Waals surface area contributed by atoms with Gasteiger partial charge in [0.15, 0.2) is 5.79 Å². The number of rotatable bonds is 3. The van der Waals surface area contributed by atoms with Crippen LogP contribution in [0.2, 0.25) is 0 Å². The van der Waals surface area contributed by atoms with Gasteiger partial charge in [-0.05, 0) is 0 Å². The van der Waals surface area contributed by atoms with Gasteiger partial charge in [-0.2, -0.15) is 0 Å². The smallest absolute Gasteiger partial charge is 0.323 e. The Balaban J connectivity index is 1.83. The van der Waals surface area contributed by atoms with Crippen molar-refractivity contribution in [1.29, 1.82) is 0 Å². The van der Waals surface area contributed by atoms with E-state index in [-0.39, 0.29) is 19.2 Å². The molecule has 0 saturated carbocycles. The highest BCUT2D eigenvalue weighted by atomic mass is 16.7. The van der Waals surface area contributed by atoms with Crippen LogP contribution in [0.15, 0.2) is 0 Å². The van der Waals surface area contributed by atoms with Crippen molar-refractivity contribution in [3.8, 4) is 0 Å². The second kappa shape index (κ2) is 4.44. The van der Waals surface area contributed by atoms with Crippen LogP contribution < -0.4 is 5.32 Å². The summed E-state index contributed by atoms with van der Waals surface area (Å²) in [4.78, 5) is 11.4. The first kappa shape index (κ1) is 10.8. The van der Waals surface area contributed by atoms with E-state index in [1.807, 2.05) is 0 Å². The van der Waals surface area contributed by atoms with E-state index in [9.17, 15) is 4.79 Å². The molecule has 0 aromatic heterocycles. The van der Waals surface area contributed by atoms with Crippen molar-refractivity contribution in [2.45, 2.75) is 18.2 Å². The Morgan fingerprint density at radius 3 is 2.93 bits per heavy atom. The third-order valence-electron chi connectivity index (χ3n) is 2.57. The molecule has 0 amide bonds. The summed E-state index contributed by atoms with van der Waals surface area (Å²) in [5.74, 6) is -0.997. The maximum Gasteiger partial charge on any atom is 0.323 e. The van der Waals surface area contributed by atoms with Crippen molar-refractivity contribution in [3.05, 3.63) is 0 Å². The van der Waals surface area contributed by atoms with Crippen LogP contribution in [0.25, 0.3) is 0 Å². The molecule has 0 aliphatic carbocycles. The van der Waals surface area contributed by atoms with Crippen LogP contribution in [0.4, 0.5) is 0 Å². The topological polar surface area (TPSA) is 77.0 Å². The second-order valence-electron chi connectivity index (χ2n) is 3.64. The minimum Gasteiger partial charge on any atom is -0.462 e. The number of aliphatic hydroxyl groups is 1. The van der Waals surface area contributed by atoms with Gasteiger partial charge in [0, 0.05) is 6.42 Å². The Bertz CT molecular complexity index is 239. The van der Waals surface area contributed by atoms with Crippen molar-refractivity contribution >= 4 is 5.97 Å². The first-order valence-electron chi connectivity index (χ1n) is 5.05. The monoisotopic (exact) mass is 217 g/mol. The number of carbonyl (C=O) groups is 1. The van der Waals surface area contributed by atoms with Gasteiger partial charge in [-0.3, -0.25) is 10.1 Å². The lowest BCUT2D eigenvalue weighted by Gasteiger charge is -2.19. The highest BCUT2D eigenvalue weighted by molar-refractivity contribution is 5.76. The molecule has 0 radical (unpaired) electrons. The first-order chi connectivity index (χ1) is 7.26. The molecule has 2 saturated heterocycles. The standard InChI is InChI=1S/C9H15NO5/c11-1-2-13-8(12)7-5-9(6-10-7)14-3-4-15-9/h7,10-11H,1-6H2. The largest absolute Gasteiger partial charge is 0.462 e. The molecular weight excluding hydrogens is 202 g/mol. The van der Waals surface area contributed by atoms with Crippen LogP contribution in [-0.4, -0.2) is 55.9 Å². The van der Waals surface area contributed by atoms with E-state index in [0.717, 1.165) is 0 Å². The Kier molecular flexibility index (Phi) is 3.20.